The zero-order chi connectivity index (χ0) is 24.2. The standard InChI is InChI=1S/C25H16ClIN2O3S2/c1-31-21-11-15(10-20(27)23(21)32-14-17-5-3-2-4-16(17)13-28)12-22-24(30)29(25(33)34-22)19-8-6-18(26)7-9-19/h2-12H,14H2,1H3/b22-12+. The van der Waals surface area contributed by atoms with Crippen LogP contribution >= 0.6 is 58.2 Å². The molecule has 0 aromatic heterocycles. The van der Waals surface area contributed by atoms with Gasteiger partial charge in [0.2, 0.25) is 0 Å². The second-order valence-electron chi connectivity index (χ2n) is 7.09. The smallest absolute Gasteiger partial charge is 0.270 e. The lowest BCUT2D eigenvalue weighted by Crippen LogP contribution is -2.27. The van der Waals surface area contributed by atoms with Crippen LogP contribution < -0.4 is 14.4 Å². The molecule has 5 nitrogen and oxygen atoms in total. The zero-order valence-corrected chi connectivity index (χ0v) is 22.3. The quantitative estimate of drug-likeness (QED) is 0.172. The topological polar surface area (TPSA) is 62.6 Å². The molecule has 1 fully saturated rings. The van der Waals surface area contributed by atoms with E-state index in [0.717, 1.165) is 14.7 Å². The molecule has 34 heavy (non-hydrogen) atoms. The number of carbonyl (C=O) groups excluding carboxylic acids is 1. The molecule has 0 unspecified atom stereocenters. The van der Waals surface area contributed by atoms with E-state index in [4.69, 9.17) is 33.3 Å². The largest absolute Gasteiger partial charge is 0.493 e. The summed E-state index contributed by atoms with van der Waals surface area (Å²) in [4.78, 5) is 15.1. The van der Waals surface area contributed by atoms with Crippen LogP contribution in [0.2, 0.25) is 5.02 Å². The predicted molar refractivity (Wildman–Crippen MR) is 148 cm³/mol. The van der Waals surface area contributed by atoms with Crippen LogP contribution in [0, 0.1) is 14.9 Å². The van der Waals surface area contributed by atoms with Crippen molar-refractivity contribution in [1.29, 1.82) is 5.26 Å². The van der Waals surface area contributed by atoms with Crippen molar-refractivity contribution in [2.75, 3.05) is 12.0 Å². The van der Waals surface area contributed by atoms with Crippen LogP contribution in [0.3, 0.4) is 0 Å². The number of rotatable bonds is 6. The lowest BCUT2D eigenvalue weighted by atomic mass is 10.1. The van der Waals surface area contributed by atoms with Crippen LogP contribution in [0.5, 0.6) is 11.5 Å². The molecule has 0 radical (unpaired) electrons. The van der Waals surface area contributed by atoms with E-state index >= 15 is 0 Å². The molecule has 1 amide bonds. The van der Waals surface area contributed by atoms with Gasteiger partial charge in [-0.15, -0.1) is 0 Å². The lowest BCUT2D eigenvalue weighted by Gasteiger charge is -2.15. The number of thiocarbonyl (C=S) groups is 1. The van der Waals surface area contributed by atoms with Crippen LogP contribution in [-0.2, 0) is 11.4 Å². The molecule has 0 aliphatic carbocycles. The number of benzene rings is 3. The Labute approximate surface area is 225 Å². The minimum Gasteiger partial charge on any atom is -0.493 e. The molecule has 1 aliphatic heterocycles. The van der Waals surface area contributed by atoms with Crippen molar-refractivity contribution in [2.45, 2.75) is 6.61 Å². The number of nitrogens with zero attached hydrogens (tertiary/aromatic N) is 2. The maximum Gasteiger partial charge on any atom is 0.270 e. The summed E-state index contributed by atoms with van der Waals surface area (Å²) >= 11 is 14.8. The first-order chi connectivity index (χ1) is 16.4. The average molecular weight is 619 g/mol. The van der Waals surface area contributed by atoms with Gasteiger partial charge < -0.3 is 9.47 Å². The molecule has 4 rings (SSSR count). The first-order valence-electron chi connectivity index (χ1n) is 9.93. The van der Waals surface area contributed by atoms with E-state index in [1.54, 1.807) is 43.5 Å². The van der Waals surface area contributed by atoms with Gasteiger partial charge >= 0.3 is 0 Å². The van der Waals surface area contributed by atoms with Crippen molar-refractivity contribution < 1.29 is 14.3 Å². The summed E-state index contributed by atoms with van der Waals surface area (Å²) in [7, 11) is 1.56. The monoisotopic (exact) mass is 618 g/mol. The van der Waals surface area contributed by atoms with E-state index in [0.29, 0.717) is 37.0 Å². The summed E-state index contributed by atoms with van der Waals surface area (Å²) in [6, 6.07) is 20.2. The predicted octanol–water partition coefficient (Wildman–Crippen LogP) is 6.81. The number of amides is 1. The van der Waals surface area contributed by atoms with Gasteiger partial charge in [0.15, 0.2) is 15.8 Å². The Morgan fingerprint density at radius 3 is 2.65 bits per heavy atom. The molecule has 1 aliphatic rings. The molecule has 0 atom stereocenters. The highest BCUT2D eigenvalue weighted by Crippen LogP contribution is 2.39. The van der Waals surface area contributed by atoms with Gasteiger partial charge in [-0.25, -0.2) is 0 Å². The summed E-state index contributed by atoms with van der Waals surface area (Å²) in [5.41, 5.74) is 2.81. The highest BCUT2D eigenvalue weighted by molar-refractivity contribution is 14.1. The minimum absolute atomic E-state index is 0.195. The van der Waals surface area contributed by atoms with Gasteiger partial charge in [0.05, 0.1) is 32.9 Å². The van der Waals surface area contributed by atoms with Gasteiger partial charge in [-0.2, -0.15) is 5.26 Å². The first kappa shape index (κ1) is 24.5. The summed E-state index contributed by atoms with van der Waals surface area (Å²) in [6.07, 6.45) is 1.79. The molecule has 9 heteroatoms. The number of hydrogen-bond acceptors (Lipinski definition) is 6. The van der Waals surface area contributed by atoms with Gasteiger partial charge in [0.25, 0.3) is 5.91 Å². The maximum absolute atomic E-state index is 13.1. The number of ether oxygens (including phenoxy) is 2. The number of methoxy groups -OCH3 is 1. The van der Waals surface area contributed by atoms with Crippen molar-refractivity contribution in [3.63, 3.8) is 0 Å². The fourth-order valence-corrected chi connectivity index (χ4v) is 5.51. The first-order valence-corrected chi connectivity index (χ1v) is 12.6. The van der Waals surface area contributed by atoms with Crippen LogP contribution in [-0.4, -0.2) is 17.3 Å². The maximum atomic E-state index is 13.1. The van der Waals surface area contributed by atoms with Crippen LogP contribution in [0.4, 0.5) is 5.69 Å². The highest BCUT2D eigenvalue weighted by Gasteiger charge is 2.33. The molecule has 0 spiro atoms. The van der Waals surface area contributed by atoms with Gasteiger partial charge in [-0.3, -0.25) is 9.69 Å². The van der Waals surface area contributed by atoms with Gasteiger partial charge in [0.1, 0.15) is 6.61 Å². The Bertz CT molecular complexity index is 1350. The zero-order valence-electron chi connectivity index (χ0n) is 17.7. The molecule has 170 valence electrons. The van der Waals surface area contributed by atoms with E-state index in [1.165, 1.54) is 16.7 Å². The van der Waals surface area contributed by atoms with Crippen molar-refractivity contribution in [3.8, 4) is 17.6 Å². The van der Waals surface area contributed by atoms with E-state index < -0.39 is 0 Å². The molecule has 0 saturated carbocycles. The third kappa shape index (κ3) is 5.23. The molecule has 0 N–H and O–H groups in total. The highest BCUT2D eigenvalue weighted by atomic mass is 127. The molecule has 3 aromatic rings. The summed E-state index contributed by atoms with van der Waals surface area (Å²) < 4.78 is 12.8. The lowest BCUT2D eigenvalue weighted by molar-refractivity contribution is -0.113. The molecular weight excluding hydrogens is 603 g/mol. The van der Waals surface area contributed by atoms with Crippen LogP contribution in [0.25, 0.3) is 6.08 Å². The van der Waals surface area contributed by atoms with E-state index in [2.05, 4.69) is 28.7 Å². The number of anilines is 1. The molecule has 0 bridgehead atoms. The number of hydrogen-bond donors (Lipinski definition) is 0. The fourth-order valence-electron chi connectivity index (χ4n) is 3.30. The van der Waals surface area contributed by atoms with E-state index in [9.17, 15) is 10.1 Å². The van der Waals surface area contributed by atoms with Gasteiger partial charge in [0, 0.05) is 10.6 Å². The van der Waals surface area contributed by atoms with E-state index in [-0.39, 0.29) is 12.5 Å². The minimum atomic E-state index is -0.195. The van der Waals surface area contributed by atoms with Crippen LogP contribution in [0.1, 0.15) is 16.7 Å². The van der Waals surface area contributed by atoms with Crippen molar-refractivity contribution in [3.05, 3.63) is 90.9 Å². The average Bonchev–Trinajstić information content (AvgIpc) is 3.11. The Hall–Kier alpha value is -2.58. The summed E-state index contributed by atoms with van der Waals surface area (Å²) in [6.45, 7) is 0.231. The number of carbonyl (C=O) groups is 1. The summed E-state index contributed by atoms with van der Waals surface area (Å²) in [5, 5.41) is 9.89. The second kappa shape index (κ2) is 10.8. The Morgan fingerprint density at radius 2 is 1.94 bits per heavy atom. The number of nitriles is 1. The van der Waals surface area contributed by atoms with Gasteiger partial charge in [-0.05, 0) is 76.7 Å². The van der Waals surface area contributed by atoms with Crippen LogP contribution in [0.15, 0.2) is 65.6 Å². The molecule has 1 heterocycles. The molecule has 3 aromatic carbocycles. The Kier molecular flexibility index (Phi) is 7.78. The van der Waals surface area contributed by atoms with E-state index in [1.807, 2.05) is 30.3 Å². The number of halogens is 2. The number of thioether (sulfide) groups is 1. The normalized spacial score (nSPS) is 14.4. The van der Waals surface area contributed by atoms with Crippen molar-refractivity contribution >= 4 is 80.2 Å². The third-order valence-electron chi connectivity index (χ3n) is 4.94. The summed E-state index contributed by atoms with van der Waals surface area (Å²) in [5.74, 6) is 0.905. The van der Waals surface area contributed by atoms with Gasteiger partial charge in [-0.1, -0.05) is 53.8 Å². The third-order valence-corrected chi connectivity index (χ3v) is 7.29. The Balaban J connectivity index is 1.59. The van der Waals surface area contributed by atoms with Crippen molar-refractivity contribution in [1.82, 2.24) is 0 Å². The Morgan fingerprint density at radius 1 is 1.21 bits per heavy atom. The molecular formula is C25H16ClIN2O3S2. The van der Waals surface area contributed by atoms with Crippen molar-refractivity contribution in [2.24, 2.45) is 0 Å². The SMILES string of the molecule is COc1cc(/C=C2/SC(=S)N(c3ccc(Cl)cc3)C2=O)cc(I)c1OCc1ccccc1C#N. The fraction of sp³-hybridized carbons (Fsp3) is 0.0800. The second-order valence-corrected chi connectivity index (χ2v) is 10.4. The molecule has 1 saturated heterocycles.